The fraction of sp³-hybridized carbons (Fsp3) is 0.346. The van der Waals surface area contributed by atoms with Crippen LogP contribution in [-0.4, -0.2) is 56.6 Å². The molecule has 38 heavy (non-hydrogen) atoms. The van der Waals surface area contributed by atoms with E-state index in [-0.39, 0.29) is 29.3 Å². The molecule has 0 aliphatic carbocycles. The summed E-state index contributed by atoms with van der Waals surface area (Å²) in [6.45, 7) is 6.58. The molecule has 3 heterocycles. The molecular formula is C26H28F2N6O4. The molecule has 0 unspecified atom stereocenters. The standard InChI is InChI=1S/C26H28F2N6O4/c1-26(2,3)38-25(36)34-10-8-18(9-11-34)37-22-7-5-17(13-30-22)32-23-21(14-29-15-31-23)33-24(35)16-4-6-19(27)20(28)12-16/h4-7,12-15,18H,8-11H2,1-3H3,(H,33,35)(H,29,31,32). The Morgan fingerprint density at radius 1 is 1.03 bits per heavy atom. The molecule has 1 aromatic carbocycles. The van der Waals surface area contributed by atoms with Crippen LogP contribution in [0.5, 0.6) is 5.88 Å². The van der Waals surface area contributed by atoms with Crippen molar-refractivity contribution in [3.8, 4) is 5.88 Å². The minimum absolute atomic E-state index is 0.0567. The molecule has 1 fully saturated rings. The second-order valence-electron chi connectivity index (χ2n) is 9.66. The van der Waals surface area contributed by atoms with Crippen molar-refractivity contribution in [1.29, 1.82) is 0 Å². The van der Waals surface area contributed by atoms with Gasteiger partial charge in [0.25, 0.3) is 5.91 Å². The van der Waals surface area contributed by atoms with Gasteiger partial charge < -0.3 is 25.0 Å². The van der Waals surface area contributed by atoms with Gasteiger partial charge in [0.15, 0.2) is 17.5 Å². The second kappa shape index (κ2) is 11.4. The van der Waals surface area contributed by atoms with Crippen LogP contribution in [0.1, 0.15) is 44.0 Å². The Hall–Kier alpha value is -4.35. The Labute approximate surface area is 218 Å². The molecule has 12 heteroatoms. The van der Waals surface area contributed by atoms with Crippen LogP contribution in [0.4, 0.5) is 30.8 Å². The molecule has 1 saturated heterocycles. The van der Waals surface area contributed by atoms with E-state index >= 15 is 0 Å². The highest BCUT2D eigenvalue weighted by Gasteiger charge is 2.27. The molecule has 1 aliphatic heterocycles. The lowest BCUT2D eigenvalue weighted by Crippen LogP contribution is -2.44. The fourth-order valence-electron chi connectivity index (χ4n) is 3.67. The number of ether oxygens (including phenoxy) is 2. The number of pyridine rings is 1. The number of nitrogens with zero attached hydrogens (tertiary/aromatic N) is 4. The van der Waals surface area contributed by atoms with Gasteiger partial charge in [-0.25, -0.2) is 28.5 Å². The van der Waals surface area contributed by atoms with Gasteiger partial charge in [0, 0.05) is 37.6 Å². The van der Waals surface area contributed by atoms with Crippen LogP contribution in [0.15, 0.2) is 49.1 Å². The molecule has 0 radical (unpaired) electrons. The van der Waals surface area contributed by atoms with Gasteiger partial charge in [-0.1, -0.05) is 0 Å². The highest BCUT2D eigenvalue weighted by molar-refractivity contribution is 6.05. The van der Waals surface area contributed by atoms with E-state index in [1.807, 2.05) is 20.8 Å². The average Bonchev–Trinajstić information content (AvgIpc) is 2.87. The first kappa shape index (κ1) is 26.7. The molecule has 10 nitrogen and oxygen atoms in total. The van der Waals surface area contributed by atoms with Crippen molar-refractivity contribution < 1.29 is 27.8 Å². The third kappa shape index (κ3) is 7.11. The monoisotopic (exact) mass is 526 g/mol. The van der Waals surface area contributed by atoms with Crippen molar-refractivity contribution in [1.82, 2.24) is 19.9 Å². The van der Waals surface area contributed by atoms with Crippen LogP contribution < -0.4 is 15.4 Å². The molecule has 3 aromatic rings. The number of carbonyl (C=O) groups is 2. The minimum Gasteiger partial charge on any atom is -0.474 e. The lowest BCUT2D eigenvalue weighted by molar-refractivity contribution is 0.0123. The minimum atomic E-state index is -1.12. The van der Waals surface area contributed by atoms with Gasteiger partial charge in [-0.05, 0) is 45.0 Å². The Balaban J connectivity index is 1.32. The van der Waals surface area contributed by atoms with Crippen molar-refractivity contribution in [3.63, 3.8) is 0 Å². The quantitative estimate of drug-likeness (QED) is 0.465. The number of aromatic nitrogens is 3. The fourth-order valence-corrected chi connectivity index (χ4v) is 3.67. The summed E-state index contributed by atoms with van der Waals surface area (Å²) in [5.74, 6) is -2.11. The number of likely N-dealkylation sites (tertiary alicyclic amines) is 1. The van der Waals surface area contributed by atoms with Crippen LogP contribution in [0, 0.1) is 11.6 Å². The van der Waals surface area contributed by atoms with Crippen molar-refractivity contribution in [3.05, 3.63) is 66.3 Å². The van der Waals surface area contributed by atoms with Gasteiger partial charge in [-0.15, -0.1) is 0 Å². The van der Waals surface area contributed by atoms with E-state index in [0.29, 0.717) is 37.5 Å². The summed E-state index contributed by atoms with van der Waals surface area (Å²) in [6.07, 6.45) is 5.13. The van der Waals surface area contributed by atoms with Crippen LogP contribution in [-0.2, 0) is 4.74 Å². The highest BCUT2D eigenvalue weighted by Crippen LogP contribution is 2.25. The van der Waals surface area contributed by atoms with E-state index in [9.17, 15) is 18.4 Å². The molecule has 4 rings (SSSR count). The SMILES string of the molecule is CC(C)(C)OC(=O)N1CCC(Oc2ccc(Nc3ncncc3NC(=O)c3ccc(F)c(F)c3)cn2)CC1. The number of rotatable bonds is 6. The topological polar surface area (TPSA) is 119 Å². The Morgan fingerprint density at radius 3 is 2.45 bits per heavy atom. The molecule has 0 bridgehead atoms. The summed E-state index contributed by atoms with van der Waals surface area (Å²) in [7, 11) is 0. The first-order valence-corrected chi connectivity index (χ1v) is 12.0. The zero-order valence-electron chi connectivity index (χ0n) is 21.2. The van der Waals surface area contributed by atoms with Crippen LogP contribution >= 0.6 is 0 Å². The van der Waals surface area contributed by atoms with E-state index in [0.717, 1.165) is 12.1 Å². The Morgan fingerprint density at radius 2 is 1.79 bits per heavy atom. The van der Waals surface area contributed by atoms with Gasteiger partial charge in [-0.3, -0.25) is 4.79 Å². The lowest BCUT2D eigenvalue weighted by Gasteiger charge is -2.33. The third-order valence-electron chi connectivity index (χ3n) is 5.52. The smallest absolute Gasteiger partial charge is 0.410 e. The van der Waals surface area contributed by atoms with E-state index < -0.39 is 23.1 Å². The van der Waals surface area contributed by atoms with Crippen LogP contribution in [0.25, 0.3) is 0 Å². The third-order valence-corrected chi connectivity index (χ3v) is 5.52. The van der Waals surface area contributed by atoms with Gasteiger partial charge in [0.2, 0.25) is 5.88 Å². The molecule has 1 aliphatic rings. The highest BCUT2D eigenvalue weighted by atomic mass is 19.2. The van der Waals surface area contributed by atoms with Crippen molar-refractivity contribution >= 4 is 29.2 Å². The number of nitrogens with one attached hydrogen (secondary N) is 2. The summed E-state index contributed by atoms with van der Waals surface area (Å²) in [4.78, 5) is 38.8. The zero-order chi connectivity index (χ0) is 27.3. The second-order valence-corrected chi connectivity index (χ2v) is 9.66. The van der Waals surface area contributed by atoms with E-state index in [2.05, 4.69) is 25.6 Å². The molecular weight excluding hydrogens is 498 g/mol. The number of piperidine rings is 1. The number of hydrogen-bond donors (Lipinski definition) is 2. The molecule has 200 valence electrons. The summed E-state index contributed by atoms with van der Waals surface area (Å²) >= 11 is 0. The number of amides is 2. The predicted octanol–water partition coefficient (Wildman–Crippen LogP) is 4.92. The maximum atomic E-state index is 13.5. The van der Waals surface area contributed by atoms with Gasteiger partial charge in [0.05, 0.1) is 18.1 Å². The van der Waals surface area contributed by atoms with Gasteiger partial charge >= 0.3 is 6.09 Å². The van der Waals surface area contributed by atoms with Crippen LogP contribution in [0.3, 0.4) is 0 Å². The number of anilines is 3. The van der Waals surface area contributed by atoms with Crippen molar-refractivity contribution in [2.75, 3.05) is 23.7 Å². The number of halogens is 2. The average molecular weight is 527 g/mol. The molecule has 0 atom stereocenters. The van der Waals surface area contributed by atoms with E-state index in [4.69, 9.17) is 9.47 Å². The Kier molecular flexibility index (Phi) is 7.99. The predicted molar refractivity (Wildman–Crippen MR) is 135 cm³/mol. The first-order valence-electron chi connectivity index (χ1n) is 12.0. The molecule has 2 N–H and O–H groups in total. The lowest BCUT2D eigenvalue weighted by atomic mass is 10.1. The number of hydrogen-bond acceptors (Lipinski definition) is 8. The number of carbonyl (C=O) groups excluding carboxylic acids is 2. The summed E-state index contributed by atoms with van der Waals surface area (Å²) in [5, 5.41) is 5.63. The normalized spacial score (nSPS) is 14.1. The molecule has 2 aromatic heterocycles. The van der Waals surface area contributed by atoms with Gasteiger partial charge in [-0.2, -0.15) is 0 Å². The maximum absolute atomic E-state index is 13.5. The largest absolute Gasteiger partial charge is 0.474 e. The number of benzene rings is 1. The Bertz CT molecular complexity index is 1290. The van der Waals surface area contributed by atoms with Crippen molar-refractivity contribution in [2.45, 2.75) is 45.3 Å². The summed E-state index contributed by atoms with van der Waals surface area (Å²) < 4.78 is 38.1. The van der Waals surface area contributed by atoms with Crippen LogP contribution in [0.2, 0.25) is 0 Å². The summed E-state index contributed by atoms with van der Waals surface area (Å²) in [5.41, 5.74) is 0.210. The first-order chi connectivity index (χ1) is 18.1. The molecule has 0 spiro atoms. The maximum Gasteiger partial charge on any atom is 0.410 e. The van der Waals surface area contributed by atoms with E-state index in [1.54, 1.807) is 23.2 Å². The zero-order valence-corrected chi connectivity index (χ0v) is 21.2. The van der Waals surface area contributed by atoms with E-state index in [1.165, 1.54) is 18.6 Å². The summed E-state index contributed by atoms with van der Waals surface area (Å²) in [6, 6.07) is 6.30. The van der Waals surface area contributed by atoms with Gasteiger partial charge in [0.1, 0.15) is 23.7 Å². The molecule has 0 saturated carbocycles. The van der Waals surface area contributed by atoms with Crippen molar-refractivity contribution in [2.24, 2.45) is 0 Å². The molecule has 2 amide bonds.